The Bertz CT molecular complexity index is 895. The van der Waals surface area contributed by atoms with Gasteiger partial charge in [-0.25, -0.2) is 9.78 Å². The average Bonchev–Trinajstić information content (AvgIpc) is 2.90. The Morgan fingerprint density at radius 1 is 1.16 bits per heavy atom. The van der Waals surface area contributed by atoms with E-state index in [0.29, 0.717) is 12.0 Å². The summed E-state index contributed by atoms with van der Waals surface area (Å²) in [6, 6.07) is 13.5. The molecule has 3 aromatic rings. The van der Waals surface area contributed by atoms with Crippen LogP contribution in [-0.2, 0) is 18.2 Å². The zero-order valence-electron chi connectivity index (χ0n) is 14.9. The number of esters is 1. The fraction of sp³-hybridized carbons (Fsp3) is 0.300. The third-order valence-electron chi connectivity index (χ3n) is 4.05. The van der Waals surface area contributed by atoms with Crippen LogP contribution in [0.4, 0.5) is 0 Å². The predicted molar refractivity (Wildman–Crippen MR) is 97.1 cm³/mol. The summed E-state index contributed by atoms with van der Waals surface area (Å²) in [5.41, 5.74) is 3.44. The van der Waals surface area contributed by atoms with Gasteiger partial charge < -0.3 is 14.0 Å². The van der Waals surface area contributed by atoms with Gasteiger partial charge in [0.2, 0.25) is 0 Å². The normalized spacial score (nSPS) is 11.1. The number of imidazole rings is 1. The minimum Gasteiger partial charge on any atom is -0.491 e. The van der Waals surface area contributed by atoms with Gasteiger partial charge in [-0.05, 0) is 49.7 Å². The van der Waals surface area contributed by atoms with Gasteiger partial charge in [0, 0.05) is 13.5 Å². The number of fused-ring (bicyclic) bond motifs is 1. The number of hydrogen-bond acceptors (Lipinski definition) is 4. The molecule has 1 aromatic heterocycles. The minimum absolute atomic E-state index is 0.162. The minimum atomic E-state index is -0.352. The molecule has 0 aliphatic rings. The molecule has 0 radical (unpaired) electrons. The highest BCUT2D eigenvalue weighted by Gasteiger charge is 2.12. The second-order valence-electron chi connectivity index (χ2n) is 6.27. The molecular weight excluding hydrogens is 316 g/mol. The van der Waals surface area contributed by atoms with Crippen LogP contribution in [0.3, 0.4) is 0 Å². The maximum absolute atomic E-state index is 11.7. The van der Waals surface area contributed by atoms with E-state index in [4.69, 9.17) is 9.47 Å². The molecule has 1 heterocycles. The number of nitrogens with zero attached hydrogens (tertiary/aromatic N) is 2. The van der Waals surface area contributed by atoms with Crippen LogP contribution in [0.2, 0.25) is 0 Å². The summed E-state index contributed by atoms with van der Waals surface area (Å²) in [4.78, 5) is 16.4. The van der Waals surface area contributed by atoms with Crippen molar-refractivity contribution < 1.29 is 14.3 Å². The Kier molecular flexibility index (Phi) is 4.74. The largest absolute Gasteiger partial charge is 0.491 e. The lowest BCUT2D eigenvalue weighted by Crippen LogP contribution is -2.05. The van der Waals surface area contributed by atoms with Crippen LogP contribution < -0.4 is 4.74 Å². The van der Waals surface area contributed by atoms with Gasteiger partial charge in [-0.3, -0.25) is 0 Å². The van der Waals surface area contributed by atoms with E-state index in [1.807, 2.05) is 39.1 Å². The van der Waals surface area contributed by atoms with Crippen molar-refractivity contribution in [2.24, 2.45) is 7.05 Å². The summed E-state index contributed by atoms with van der Waals surface area (Å²) < 4.78 is 12.5. The fourth-order valence-electron chi connectivity index (χ4n) is 2.79. The summed E-state index contributed by atoms with van der Waals surface area (Å²) in [6.45, 7) is 4.02. The van der Waals surface area contributed by atoms with E-state index < -0.39 is 0 Å². The second-order valence-corrected chi connectivity index (χ2v) is 6.27. The molecule has 0 amide bonds. The third-order valence-corrected chi connectivity index (χ3v) is 4.05. The van der Waals surface area contributed by atoms with E-state index in [1.165, 1.54) is 7.11 Å². The molecular formula is C20H22N2O3. The molecule has 130 valence electrons. The number of benzene rings is 2. The number of hydrogen-bond donors (Lipinski definition) is 0. The van der Waals surface area contributed by atoms with Crippen LogP contribution in [0.5, 0.6) is 5.75 Å². The smallest absolute Gasteiger partial charge is 0.337 e. The number of ether oxygens (including phenoxy) is 2. The third kappa shape index (κ3) is 3.65. The Morgan fingerprint density at radius 3 is 2.52 bits per heavy atom. The van der Waals surface area contributed by atoms with Gasteiger partial charge in [-0.2, -0.15) is 0 Å². The SMILES string of the molecule is COC(=O)c1ccc2c(c1)nc(Cc1ccc(OC(C)C)cc1)n2C. The van der Waals surface area contributed by atoms with Gasteiger partial charge in [-0.15, -0.1) is 0 Å². The van der Waals surface area contributed by atoms with Gasteiger partial charge >= 0.3 is 5.97 Å². The fourth-order valence-corrected chi connectivity index (χ4v) is 2.79. The van der Waals surface area contributed by atoms with E-state index in [1.54, 1.807) is 12.1 Å². The molecule has 0 aliphatic heterocycles. The zero-order chi connectivity index (χ0) is 18.0. The van der Waals surface area contributed by atoms with Crippen molar-refractivity contribution in [3.8, 4) is 5.75 Å². The molecule has 0 N–H and O–H groups in total. The predicted octanol–water partition coefficient (Wildman–Crippen LogP) is 3.74. The van der Waals surface area contributed by atoms with Crippen LogP contribution in [0.15, 0.2) is 42.5 Å². The number of carbonyl (C=O) groups is 1. The lowest BCUT2D eigenvalue weighted by Gasteiger charge is -2.10. The van der Waals surface area contributed by atoms with E-state index in [2.05, 4.69) is 21.7 Å². The number of methoxy groups -OCH3 is 1. The Labute approximate surface area is 147 Å². The van der Waals surface area contributed by atoms with Crippen molar-refractivity contribution in [3.05, 3.63) is 59.4 Å². The van der Waals surface area contributed by atoms with Crippen LogP contribution in [0, 0.1) is 0 Å². The van der Waals surface area contributed by atoms with Crippen molar-refractivity contribution in [3.63, 3.8) is 0 Å². The molecule has 0 saturated heterocycles. The summed E-state index contributed by atoms with van der Waals surface area (Å²) in [6.07, 6.45) is 0.871. The first kappa shape index (κ1) is 17.0. The molecule has 0 atom stereocenters. The molecule has 0 spiro atoms. The quantitative estimate of drug-likeness (QED) is 0.665. The summed E-state index contributed by atoms with van der Waals surface area (Å²) in [7, 11) is 3.36. The molecule has 0 aliphatic carbocycles. The first-order valence-electron chi connectivity index (χ1n) is 8.27. The van der Waals surface area contributed by atoms with Crippen LogP contribution in [0.1, 0.15) is 35.6 Å². The molecule has 0 bridgehead atoms. The molecule has 5 nitrogen and oxygen atoms in total. The van der Waals surface area contributed by atoms with Crippen molar-refractivity contribution in [2.75, 3.05) is 7.11 Å². The monoisotopic (exact) mass is 338 g/mol. The topological polar surface area (TPSA) is 53.4 Å². The number of rotatable bonds is 5. The zero-order valence-corrected chi connectivity index (χ0v) is 14.9. The summed E-state index contributed by atoms with van der Waals surface area (Å²) in [5.74, 6) is 1.45. The van der Waals surface area contributed by atoms with Gasteiger partial charge in [0.05, 0.1) is 29.8 Å². The van der Waals surface area contributed by atoms with Crippen LogP contribution >= 0.6 is 0 Å². The van der Waals surface area contributed by atoms with E-state index >= 15 is 0 Å². The molecule has 2 aromatic carbocycles. The highest BCUT2D eigenvalue weighted by atomic mass is 16.5. The maximum atomic E-state index is 11.7. The van der Waals surface area contributed by atoms with Gasteiger partial charge in [0.1, 0.15) is 11.6 Å². The summed E-state index contributed by atoms with van der Waals surface area (Å²) >= 11 is 0. The Balaban J connectivity index is 1.86. The maximum Gasteiger partial charge on any atom is 0.337 e. The molecule has 5 heteroatoms. The van der Waals surface area contributed by atoms with Gasteiger partial charge in [0.15, 0.2) is 0 Å². The van der Waals surface area contributed by atoms with E-state index in [0.717, 1.165) is 28.2 Å². The van der Waals surface area contributed by atoms with Gasteiger partial charge in [-0.1, -0.05) is 12.1 Å². The molecule has 25 heavy (non-hydrogen) atoms. The average molecular weight is 338 g/mol. The number of aryl methyl sites for hydroxylation is 1. The van der Waals surface area contributed by atoms with Crippen molar-refractivity contribution in [1.82, 2.24) is 9.55 Å². The van der Waals surface area contributed by atoms with Gasteiger partial charge in [0.25, 0.3) is 0 Å². The molecule has 0 saturated carbocycles. The second kappa shape index (κ2) is 6.97. The lowest BCUT2D eigenvalue weighted by atomic mass is 10.1. The number of carbonyl (C=O) groups excluding carboxylic acids is 1. The van der Waals surface area contributed by atoms with E-state index in [-0.39, 0.29) is 12.1 Å². The number of aromatic nitrogens is 2. The van der Waals surface area contributed by atoms with Crippen LogP contribution in [-0.4, -0.2) is 28.7 Å². The Morgan fingerprint density at radius 2 is 1.88 bits per heavy atom. The lowest BCUT2D eigenvalue weighted by molar-refractivity contribution is 0.0601. The highest BCUT2D eigenvalue weighted by Crippen LogP contribution is 2.21. The highest BCUT2D eigenvalue weighted by molar-refractivity contribution is 5.93. The van der Waals surface area contributed by atoms with Crippen LogP contribution in [0.25, 0.3) is 11.0 Å². The van der Waals surface area contributed by atoms with Crippen molar-refractivity contribution in [1.29, 1.82) is 0 Å². The van der Waals surface area contributed by atoms with Crippen molar-refractivity contribution in [2.45, 2.75) is 26.4 Å². The van der Waals surface area contributed by atoms with E-state index in [9.17, 15) is 4.79 Å². The first-order chi connectivity index (χ1) is 12.0. The molecule has 0 unspecified atom stereocenters. The molecule has 0 fully saturated rings. The Hall–Kier alpha value is -2.82. The summed E-state index contributed by atoms with van der Waals surface area (Å²) in [5, 5.41) is 0. The molecule has 3 rings (SSSR count). The standard InChI is InChI=1S/C20H22N2O3/c1-13(2)25-16-8-5-14(6-9-16)11-19-21-17-12-15(20(23)24-4)7-10-18(17)22(19)3/h5-10,12-13H,11H2,1-4H3. The first-order valence-corrected chi connectivity index (χ1v) is 8.27. The van der Waals surface area contributed by atoms with Crippen molar-refractivity contribution >= 4 is 17.0 Å².